The number of halogens is 2. The number of thioether (sulfide) groups is 1. The molecule has 0 saturated heterocycles. The van der Waals surface area contributed by atoms with Crippen molar-refractivity contribution >= 4 is 17.7 Å². The van der Waals surface area contributed by atoms with Crippen molar-refractivity contribution in [1.29, 1.82) is 0 Å². The fraction of sp³-hybridized carbons (Fsp3) is 0.941. The van der Waals surface area contributed by atoms with Crippen molar-refractivity contribution in [3.8, 4) is 0 Å². The van der Waals surface area contributed by atoms with Crippen LogP contribution in [-0.4, -0.2) is 29.0 Å². The molecule has 22 heavy (non-hydrogen) atoms. The third-order valence-electron chi connectivity index (χ3n) is 3.46. The summed E-state index contributed by atoms with van der Waals surface area (Å²) in [4.78, 5) is 12.1. The first-order valence-corrected chi connectivity index (χ1v) is 9.57. The molecule has 1 atom stereocenters. The second kappa shape index (κ2) is 12.1. The zero-order valence-corrected chi connectivity index (χ0v) is 15.3. The molecule has 0 spiro atoms. The summed E-state index contributed by atoms with van der Waals surface area (Å²) in [6.45, 7) is 7.33. The number of hydrogen-bond acceptors (Lipinski definition) is 3. The van der Waals surface area contributed by atoms with E-state index < -0.39 is 5.92 Å². The lowest BCUT2D eigenvalue weighted by Gasteiger charge is -2.18. The Kier molecular flexibility index (Phi) is 12.0. The molecule has 0 rings (SSSR count). The van der Waals surface area contributed by atoms with Crippen molar-refractivity contribution in [2.24, 2.45) is 0 Å². The number of rotatable bonds is 13. The normalized spacial score (nSPS) is 13.4. The number of esters is 1. The molecule has 0 heterocycles. The largest absolute Gasteiger partial charge is 0.462 e. The summed E-state index contributed by atoms with van der Waals surface area (Å²) in [6, 6.07) is 0. The van der Waals surface area contributed by atoms with Gasteiger partial charge < -0.3 is 4.74 Å². The summed E-state index contributed by atoms with van der Waals surface area (Å²) >= 11 is 1.56. The van der Waals surface area contributed by atoms with E-state index in [0.717, 1.165) is 37.9 Å². The van der Waals surface area contributed by atoms with Crippen LogP contribution in [0.5, 0.6) is 0 Å². The van der Waals surface area contributed by atoms with E-state index in [4.69, 9.17) is 4.74 Å². The highest BCUT2D eigenvalue weighted by atomic mass is 32.2. The molecule has 1 unspecified atom stereocenters. The van der Waals surface area contributed by atoms with Gasteiger partial charge in [-0.15, -0.1) is 11.8 Å². The standard InChI is InChI=1S/C17H32F2O2S/c1-5-7-8-11-15(16(20)21-14(3)4)22-13-10-9-12-17(18,19)6-2/h14-15H,5-13H2,1-4H3. The Morgan fingerprint density at radius 2 is 1.82 bits per heavy atom. The second-order valence-electron chi connectivity index (χ2n) is 6.01. The van der Waals surface area contributed by atoms with Crippen molar-refractivity contribution in [3.05, 3.63) is 0 Å². The highest BCUT2D eigenvalue weighted by molar-refractivity contribution is 8.00. The van der Waals surface area contributed by atoms with Gasteiger partial charge in [0.15, 0.2) is 0 Å². The van der Waals surface area contributed by atoms with E-state index in [1.807, 2.05) is 13.8 Å². The molecule has 0 aromatic heterocycles. The topological polar surface area (TPSA) is 26.3 Å². The summed E-state index contributed by atoms with van der Waals surface area (Å²) in [5.74, 6) is -1.96. The minimum atomic E-state index is -2.54. The lowest BCUT2D eigenvalue weighted by Crippen LogP contribution is -2.24. The van der Waals surface area contributed by atoms with Crippen LogP contribution in [0, 0.1) is 0 Å². The van der Waals surface area contributed by atoms with E-state index in [9.17, 15) is 13.6 Å². The molecule has 0 radical (unpaired) electrons. The Morgan fingerprint density at radius 3 is 2.36 bits per heavy atom. The SMILES string of the molecule is CCCCCC(SCCCCC(F)(F)CC)C(=O)OC(C)C. The molecule has 132 valence electrons. The van der Waals surface area contributed by atoms with Crippen molar-refractivity contribution in [1.82, 2.24) is 0 Å². The van der Waals surface area contributed by atoms with E-state index in [-0.39, 0.29) is 30.2 Å². The van der Waals surface area contributed by atoms with Gasteiger partial charge in [-0.25, -0.2) is 8.78 Å². The maximum absolute atomic E-state index is 13.1. The van der Waals surface area contributed by atoms with E-state index in [1.54, 1.807) is 11.8 Å². The van der Waals surface area contributed by atoms with Gasteiger partial charge in [-0.1, -0.05) is 33.1 Å². The van der Waals surface area contributed by atoms with Crippen LogP contribution in [0.2, 0.25) is 0 Å². The van der Waals surface area contributed by atoms with Crippen LogP contribution in [0.3, 0.4) is 0 Å². The minimum absolute atomic E-state index is 0.0546. The third-order valence-corrected chi connectivity index (χ3v) is 4.81. The molecule has 0 aliphatic rings. The first-order valence-electron chi connectivity index (χ1n) is 8.52. The van der Waals surface area contributed by atoms with E-state index in [1.165, 1.54) is 6.92 Å². The molecule has 0 N–H and O–H groups in total. The fourth-order valence-electron chi connectivity index (χ4n) is 2.05. The zero-order chi connectivity index (χ0) is 17.0. The first-order chi connectivity index (χ1) is 10.3. The van der Waals surface area contributed by atoms with Crippen LogP contribution in [0.25, 0.3) is 0 Å². The number of unbranched alkanes of at least 4 members (excludes halogenated alkanes) is 3. The van der Waals surface area contributed by atoms with Crippen molar-refractivity contribution in [2.75, 3.05) is 5.75 Å². The predicted octanol–water partition coefficient (Wildman–Crippen LogP) is 5.84. The molecule has 0 saturated carbocycles. The van der Waals surface area contributed by atoms with Crippen LogP contribution in [0.15, 0.2) is 0 Å². The number of ether oxygens (including phenoxy) is 1. The molecule has 2 nitrogen and oxygen atoms in total. The summed E-state index contributed by atoms with van der Waals surface area (Å²) in [7, 11) is 0. The van der Waals surface area contributed by atoms with Gasteiger partial charge >= 0.3 is 5.97 Å². The summed E-state index contributed by atoms with van der Waals surface area (Å²) in [5, 5.41) is -0.152. The average Bonchev–Trinajstić information content (AvgIpc) is 2.44. The van der Waals surface area contributed by atoms with Crippen LogP contribution in [0.4, 0.5) is 8.78 Å². The quantitative estimate of drug-likeness (QED) is 0.312. The highest BCUT2D eigenvalue weighted by Gasteiger charge is 2.25. The predicted molar refractivity (Wildman–Crippen MR) is 90.7 cm³/mol. The van der Waals surface area contributed by atoms with Crippen LogP contribution < -0.4 is 0 Å². The van der Waals surface area contributed by atoms with E-state index in [0.29, 0.717) is 6.42 Å². The molecule has 0 aromatic carbocycles. The van der Waals surface area contributed by atoms with Gasteiger partial charge in [-0.3, -0.25) is 4.79 Å². The number of hydrogen-bond donors (Lipinski definition) is 0. The summed E-state index contributed by atoms with van der Waals surface area (Å²) in [6.07, 6.45) is 5.02. The molecule has 0 bridgehead atoms. The lowest BCUT2D eigenvalue weighted by molar-refractivity contribution is -0.146. The van der Waals surface area contributed by atoms with Gasteiger partial charge in [-0.05, 0) is 38.9 Å². The number of alkyl halides is 2. The van der Waals surface area contributed by atoms with Gasteiger partial charge in [0, 0.05) is 12.8 Å². The molecular formula is C17H32F2O2S. The molecule has 0 aliphatic carbocycles. The highest BCUT2D eigenvalue weighted by Crippen LogP contribution is 2.26. The van der Waals surface area contributed by atoms with E-state index in [2.05, 4.69) is 6.92 Å². The van der Waals surface area contributed by atoms with Gasteiger partial charge in [0.1, 0.15) is 5.25 Å². The minimum Gasteiger partial charge on any atom is -0.462 e. The summed E-state index contributed by atoms with van der Waals surface area (Å²) in [5.41, 5.74) is 0. The van der Waals surface area contributed by atoms with Crippen molar-refractivity contribution in [3.63, 3.8) is 0 Å². The van der Waals surface area contributed by atoms with E-state index >= 15 is 0 Å². The molecule has 0 aromatic rings. The second-order valence-corrected chi connectivity index (χ2v) is 7.32. The third kappa shape index (κ3) is 11.3. The van der Waals surface area contributed by atoms with Gasteiger partial charge in [0.05, 0.1) is 6.10 Å². The molecule has 0 fully saturated rings. The maximum atomic E-state index is 13.1. The molecule has 0 amide bonds. The average molecular weight is 339 g/mol. The number of carbonyl (C=O) groups excluding carboxylic acids is 1. The Hall–Kier alpha value is -0.320. The Bertz CT molecular complexity index is 296. The Labute approximate surface area is 138 Å². The molecule has 5 heteroatoms. The smallest absolute Gasteiger partial charge is 0.319 e. The molecular weight excluding hydrogens is 306 g/mol. The van der Waals surface area contributed by atoms with Gasteiger partial charge in [0.25, 0.3) is 0 Å². The monoisotopic (exact) mass is 338 g/mol. The molecule has 0 aliphatic heterocycles. The first kappa shape index (κ1) is 21.7. The fourth-order valence-corrected chi connectivity index (χ4v) is 3.23. The van der Waals surface area contributed by atoms with Crippen molar-refractivity contribution < 1.29 is 18.3 Å². The Morgan fingerprint density at radius 1 is 1.14 bits per heavy atom. The zero-order valence-electron chi connectivity index (χ0n) is 14.5. The van der Waals surface area contributed by atoms with Crippen molar-refractivity contribution in [2.45, 2.75) is 96.3 Å². The lowest BCUT2D eigenvalue weighted by atomic mass is 10.1. The Balaban J connectivity index is 4.09. The maximum Gasteiger partial charge on any atom is 0.319 e. The summed E-state index contributed by atoms with van der Waals surface area (Å²) < 4.78 is 31.6. The number of carbonyl (C=O) groups is 1. The van der Waals surface area contributed by atoms with Crippen LogP contribution in [0.1, 0.15) is 79.1 Å². The van der Waals surface area contributed by atoms with Gasteiger partial charge in [0.2, 0.25) is 5.92 Å². The van der Waals surface area contributed by atoms with Crippen LogP contribution in [-0.2, 0) is 9.53 Å². The van der Waals surface area contributed by atoms with Gasteiger partial charge in [-0.2, -0.15) is 0 Å². The van der Waals surface area contributed by atoms with Crippen LogP contribution >= 0.6 is 11.8 Å².